The molecule has 0 bridgehead atoms. The molecule has 1 unspecified atom stereocenters. The highest BCUT2D eigenvalue weighted by molar-refractivity contribution is 5.26. The lowest BCUT2D eigenvalue weighted by atomic mass is 9.99. The fraction of sp³-hybridized carbons (Fsp3) is 0.353. The van der Waals surface area contributed by atoms with Gasteiger partial charge in [-0.1, -0.05) is 42.8 Å². The van der Waals surface area contributed by atoms with Crippen molar-refractivity contribution in [3.8, 4) is 0 Å². The number of aryl methyl sites for hydroxylation is 2. The second-order valence-corrected chi connectivity index (χ2v) is 5.01. The fourth-order valence-corrected chi connectivity index (χ4v) is 2.33. The molecule has 0 spiro atoms. The first-order chi connectivity index (χ1) is 9.20. The van der Waals surface area contributed by atoms with Crippen LogP contribution in [0.2, 0.25) is 0 Å². The summed E-state index contributed by atoms with van der Waals surface area (Å²) in [5.41, 5.74) is 5.06. The van der Waals surface area contributed by atoms with Gasteiger partial charge in [-0.2, -0.15) is 0 Å². The second-order valence-electron chi connectivity index (χ2n) is 5.01. The number of nitrogens with one attached hydrogen (secondary N) is 1. The zero-order chi connectivity index (χ0) is 13.7. The maximum Gasteiger partial charge on any atom is 0.0605 e. The van der Waals surface area contributed by atoms with Gasteiger partial charge in [-0.15, -0.1) is 0 Å². The SMILES string of the molecule is CCNC(Cc1ccc(C)cc1)c1ncccc1C. The normalized spacial score (nSPS) is 12.4. The highest BCUT2D eigenvalue weighted by Gasteiger charge is 2.14. The topological polar surface area (TPSA) is 24.9 Å². The van der Waals surface area contributed by atoms with Crippen LogP contribution in [0.1, 0.15) is 35.3 Å². The van der Waals surface area contributed by atoms with E-state index in [9.17, 15) is 0 Å². The standard InChI is InChI=1S/C17H22N2/c1-4-18-16(17-14(3)6-5-11-19-17)12-15-9-7-13(2)8-10-15/h5-11,16,18H,4,12H2,1-3H3. The molecular weight excluding hydrogens is 232 g/mol. The lowest BCUT2D eigenvalue weighted by molar-refractivity contribution is 0.534. The molecule has 2 aromatic rings. The number of aromatic nitrogens is 1. The van der Waals surface area contributed by atoms with Gasteiger partial charge in [0.05, 0.1) is 11.7 Å². The number of benzene rings is 1. The summed E-state index contributed by atoms with van der Waals surface area (Å²) in [5, 5.41) is 3.54. The Labute approximate surface area is 115 Å². The summed E-state index contributed by atoms with van der Waals surface area (Å²) in [4.78, 5) is 4.55. The Hall–Kier alpha value is -1.67. The zero-order valence-corrected chi connectivity index (χ0v) is 12.0. The summed E-state index contributed by atoms with van der Waals surface area (Å²) in [5.74, 6) is 0. The van der Waals surface area contributed by atoms with Crippen LogP contribution >= 0.6 is 0 Å². The molecule has 1 atom stereocenters. The van der Waals surface area contributed by atoms with Crippen LogP contribution in [0.25, 0.3) is 0 Å². The van der Waals surface area contributed by atoms with Crippen molar-refractivity contribution in [1.82, 2.24) is 10.3 Å². The van der Waals surface area contributed by atoms with Gasteiger partial charge in [0.15, 0.2) is 0 Å². The number of hydrogen-bond donors (Lipinski definition) is 1. The van der Waals surface area contributed by atoms with Crippen LogP contribution in [0.5, 0.6) is 0 Å². The maximum atomic E-state index is 4.55. The molecule has 0 saturated carbocycles. The summed E-state index contributed by atoms with van der Waals surface area (Å²) in [6.45, 7) is 7.34. The van der Waals surface area contributed by atoms with Crippen LogP contribution in [0, 0.1) is 13.8 Å². The van der Waals surface area contributed by atoms with Crippen LogP contribution in [0.3, 0.4) is 0 Å². The van der Waals surface area contributed by atoms with E-state index in [-0.39, 0.29) is 6.04 Å². The first kappa shape index (κ1) is 13.8. The predicted octanol–water partition coefficient (Wildman–Crippen LogP) is 3.59. The van der Waals surface area contributed by atoms with Gasteiger partial charge in [0.1, 0.15) is 0 Å². The van der Waals surface area contributed by atoms with Gasteiger partial charge in [-0.05, 0) is 44.0 Å². The van der Waals surface area contributed by atoms with E-state index in [0.29, 0.717) is 0 Å². The average molecular weight is 254 g/mol. The maximum absolute atomic E-state index is 4.55. The number of hydrogen-bond acceptors (Lipinski definition) is 2. The Morgan fingerprint density at radius 2 is 1.84 bits per heavy atom. The van der Waals surface area contributed by atoms with E-state index in [0.717, 1.165) is 18.7 Å². The molecule has 0 amide bonds. The van der Waals surface area contributed by atoms with Crippen molar-refractivity contribution < 1.29 is 0 Å². The first-order valence-electron chi connectivity index (χ1n) is 6.91. The molecule has 2 rings (SSSR count). The molecule has 2 heteroatoms. The molecular formula is C17H22N2. The average Bonchev–Trinajstić information content (AvgIpc) is 2.41. The molecule has 0 fully saturated rings. The minimum Gasteiger partial charge on any atom is -0.309 e. The summed E-state index contributed by atoms with van der Waals surface area (Å²) < 4.78 is 0. The van der Waals surface area contributed by atoms with Crippen molar-refractivity contribution in [2.75, 3.05) is 6.54 Å². The quantitative estimate of drug-likeness (QED) is 0.882. The summed E-state index contributed by atoms with van der Waals surface area (Å²) in [6, 6.07) is 13.2. The van der Waals surface area contributed by atoms with Crippen LogP contribution in [-0.2, 0) is 6.42 Å². The monoisotopic (exact) mass is 254 g/mol. The molecule has 1 aromatic heterocycles. The van der Waals surface area contributed by atoms with Crippen molar-refractivity contribution in [2.45, 2.75) is 33.2 Å². The highest BCUT2D eigenvalue weighted by atomic mass is 14.9. The Morgan fingerprint density at radius 1 is 1.11 bits per heavy atom. The Kier molecular flexibility index (Phi) is 4.69. The van der Waals surface area contributed by atoms with Crippen molar-refractivity contribution in [3.63, 3.8) is 0 Å². The molecule has 1 N–H and O–H groups in total. The van der Waals surface area contributed by atoms with E-state index >= 15 is 0 Å². The number of likely N-dealkylation sites (N-methyl/N-ethyl adjacent to an activating group) is 1. The molecule has 0 saturated heterocycles. The Morgan fingerprint density at radius 3 is 2.47 bits per heavy atom. The first-order valence-corrected chi connectivity index (χ1v) is 6.91. The summed E-state index contributed by atoms with van der Waals surface area (Å²) in [6.07, 6.45) is 2.85. The smallest absolute Gasteiger partial charge is 0.0605 e. The largest absolute Gasteiger partial charge is 0.309 e. The number of nitrogens with zero attached hydrogens (tertiary/aromatic N) is 1. The van der Waals surface area contributed by atoms with Gasteiger partial charge in [-0.25, -0.2) is 0 Å². The Bertz CT molecular complexity index is 517. The molecule has 0 radical (unpaired) electrons. The van der Waals surface area contributed by atoms with Crippen LogP contribution in [0.15, 0.2) is 42.6 Å². The molecule has 19 heavy (non-hydrogen) atoms. The number of rotatable bonds is 5. The lowest BCUT2D eigenvalue weighted by Gasteiger charge is -2.19. The van der Waals surface area contributed by atoms with Gasteiger partial charge in [0.25, 0.3) is 0 Å². The molecule has 0 aliphatic rings. The van der Waals surface area contributed by atoms with Gasteiger partial charge in [0.2, 0.25) is 0 Å². The summed E-state index contributed by atoms with van der Waals surface area (Å²) in [7, 11) is 0. The Balaban J connectivity index is 2.21. The van der Waals surface area contributed by atoms with Gasteiger partial charge in [0, 0.05) is 6.20 Å². The third-order valence-electron chi connectivity index (χ3n) is 3.39. The molecule has 0 aliphatic heterocycles. The molecule has 100 valence electrons. The second kappa shape index (κ2) is 6.48. The predicted molar refractivity (Wildman–Crippen MR) is 80.3 cm³/mol. The molecule has 0 aliphatic carbocycles. The molecule has 1 aromatic carbocycles. The lowest BCUT2D eigenvalue weighted by Crippen LogP contribution is -2.24. The minimum atomic E-state index is 0.286. The third kappa shape index (κ3) is 3.65. The van der Waals surface area contributed by atoms with E-state index in [1.807, 2.05) is 12.3 Å². The number of pyridine rings is 1. The van der Waals surface area contributed by atoms with E-state index < -0.39 is 0 Å². The van der Waals surface area contributed by atoms with Crippen molar-refractivity contribution in [2.24, 2.45) is 0 Å². The van der Waals surface area contributed by atoms with Crippen molar-refractivity contribution in [1.29, 1.82) is 0 Å². The van der Waals surface area contributed by atoms with Gasteiger partial charge in [-0.3, -0.25) is 4.98 Å². The van der Waals surface area contributed by atoms with E-state index in [2.05, 4.69) is 61.4 Å². The van der Waals surface area contributed by atoms with Crippen LogP contribution in [-0.4, -0.2) is 11.5 Å². The van der Waals surface area contributed by atoms with E-state index in [1.54, 1.807) is 0 Å². The zero-order valence-electron chi connectivity index (χ0n) is 12.0. The minimum absolute atomic E-state index is 0.286. The van der Waals surface area contributed by atoms with Crippen LogP contribution in [0.4, 0.5) is 0 Å². The van der Waals surface area contributed by atoms with E-state index in [1.165, 1.54) is 16.7 Å². The van der Waals surface area contributed by atoms with Gasteiger partial charge < -0.3 is 5.32 Å². The van der Waals surface area contributed by atoms with E-state index in [4.69, 9.17) is 0 Å². The van der Waals surface area contributed by atoms with Crippen molar-refractivity contribution >= 4 is 0 Å². The highest BCUT2D eigenvalue weighted by Crippen LogP contribution is 2.19. The third-order valence-corrected chi connectivity index (χ3v) is 3.39. The summed E-state index contributed by atoms with van der Waals surface area (Å²) >= 11 is 0. The van der Waals surface area contributed by atoms with Gasteiger partial charge >= 0.3 is 0 Å². The molecule has 1 heterocycles. The fourth-order valence-electron chi connectivity index (χ4n) is 2.33. The van der Waals surface area contributed by atoms with Crippen molar-refractivity contribution in [3.05, 3.63) is 65.0 Å². The van der Waals surface area contributed by atoms with Crippen LogP contribution < -0.4 is 5.32 Å². The molecule has 2 nitrogen and oxygen atoms in total.